The van der Waals surface area contributed by atoms with Gasteiger partial charge < -0.3 is 10.1 Å². The molecule has 3 aromatic rings. The number of likely N-dealkylation sites (tertiary alicyclic amines) is 1. The summed E-state index contributed by atoms with van der Waals surface area (Å²) in [7, 11) is 1.70. The Morgan fingerprint density at radius 2 is 1.94 bits per heavy atom. The molecule has 1 saturated heterocycles. The minimum Gasteiger partial charge on any atom is -0.496 e. The van der Waals surface area contributed by atoms with Crippen LogP contribution >= 0.6 is 11.6 Å². The number of piperidine rings is 1. The number of carbonyl (C=O) groups is 1. The third-order valence-corrected chi connectivity index (χ3v) is 5.95. The summed E-state index contributed by atoms with van der Waals surface area (Å²) in [6.07, 6.45) is 1.92. The van der Waals surface area contributed by atoms with Crippen molar-refractivity contribution in [1.29, 1.82) is 0 Å². The van der Waals surface area contributed by atoms with E-state index >= 15 is 0 Å². The van der Waals surface area contributed by atoms with Gasteiger partial charge in [-0.3, -0.25) is 9.69 Å². The Morgan fingerprint density at radius 1 is 1.10 bits per heavy atom. The van der Waals surface area contributed by atoms with E-state index < -0.39 is 0 Å². The highest BCUT2D eigenvalue weighted by atomic mass is 35.5. The summed E-state index contributed by atoms with van der Waals surface area (Å²) in [6.45, 7) is 2.58. The molecule has 1 fully saturated rings. The monoisotopic (exact) mass is 434 g/mol. The molecule has 1 amide bonds. The maximum absolute atomic E-state index is 12.8. The summed E-state index contributed by atoms with van der Waals surface area (Å²) in [5, 5.41) is 3.64. The minimum absolute atomic E-state index is 0.0230. The molecule has 4 nitrogen and oxygen atoms in total. The number of amides is 1. The number of nitrogens with one attached hydrogen (secondary N) is 1. The van der Waals surface area contributed by atoms with E-state index in [4.69, 9.17) is 16.3 Å². The number of methoxy groups -OCH3 is 1. The number of benzene rings is 3. The third-order valence-electron chi connectivity index (χ3n) is 5.72. The Hall–Kier alpha value is -2.82. The van der Waals surface area contributed by atoms with Gasteiger partial charge in [0.1, 0.15) is 5.75 Å². The first-order valence-electron chi connectivity index (χ1n) is 10.6. The van der Waals surface area contributed by atoms with Crippen molar-refractivity contribution in [2.45, 2.75) is 19.4 Å². The van der Waals surface area contributed by atoms with Gasteiger partial charge in [0.25, 0.3) is 0 Å². The first kappa shape index (κ1) is 21.4. The molecule has 1 atom stereocenters. The molecule has 0 aliphatic carbocycles. The topological polar surface area (TPSA) is 41.6 Å². The number of para-hydroxylation sites is 1. The van der Waals surface area contributed by atoms with Crippen LogP contribution in [0, 0.1) is 5.92 Å². The van der Waals surface area contributed by atoms with Crippen LogP contribution in [0.25, 0.3) is 11.1 Å². The Bertz CT molecular complexity index is 1050. The molecule has 1 unspecified atom stereocenters. The zero-order valence-corrected chi connectivity index (χ0v) is 18.4. The highest BCUT2D eigenvalue weighted by molar-refractivity contribution is 6.30. The van der Waals surface area contributed by atoms with Crippen molar-refractivity contribution in [3.05, 3.63) is 83.4 Å². The number of rotatable bonds is 6. The van der Waals surface area contributed by atoms with Gasteiger partial charge in [0.2, 0.25) is 5.91 Å². The van der Waals surface area contributed by atoms with Gasteiger partial charge in [-0.2, -0.15) is 0 Å². The van der Waals surface area contributed by atoms with Gasteiger partial charge in [0.15, 0.2) is 0 Å². The van der Waals surface area contributed by atoms with Crippen LogP contribution in [0.2, 0.25) is 5.02 Å². The number of carbonyl (C=O) groups excluding carboxylic acids is 1. The van der Waals surface area contributed by atoms with E-state index in [1.54, 1.807) is 19.2 Å². The number of hydrogen-bond donors (Lipinski definition) is 1. The van der Waals surface area contributed by atoms with Crippen molar-refractivity contribution in [2.75, 3.05) is 25.5 Å². The molecular formula is C26H27ClN2O2. The van der Waals surface area contributed by atoms with Gasteiger partial charge in [0, 0.05) is 29.4 Å². The molecule has 1 aliphatic rings. The first-order valence-corrected chi connectivity index (χ1v) is 11.0. The highest BCUT2D eigenvalue weighted by Crippen LogP contribution is 2.30. The molecule has 0 radical (unpaired) electrons. The predicted molar refractivity (Wildman–Crippen MR) is 127 cm³/mol. The van der Waals surface area contributed by atoms with Crippen molar-refractivity contribution in [1.82, 2.24) is 4.90 Å². The lowest BCUT2D eigenvalue weighted by Gasteiger charge is -2.32. The summed E-state index contributed by atoms with van der Waals surface area (Å²) in [4.78, 5) is 15.2. The summed E-state index contributed by atoms with van der Waals surface area (Å²) >= 11 is 6.04. The molecule has 0 bridgehead atoms. The quantitative estimate of drug-likeness (QED) is 0.527. The average molecular weight is 435 g/mol. The largest absolute Gasteiger partial charge is 0.496 e. The maximum Gasteiger partial charge on any atom is 0.228 e. The minimum atomic E-state index is -0.0230. The zero-order valence-electron chi connectivity index (χ0n) is 17.7. The fourth-order valence-electron chi connectivity index (χ4n) is 4.20. The van der Waals surface area contributed by atoms with Crippen molar-refractivity contribution >= 4 is 23.2 Å². The van der Waals surface area contributed by atoms with Crippen LogP contribution in [0.1, 0.15) is 18.4 Å². The van der Waals surface area contributed by atoms with Crippen molar-refractivity contribution in [3.8, 4) is 16.9 Å². The Balaban J connectivity index is 1.42. The van der Waals surface area contributed by atoms with E-state index in [1.807, 2.05) is 30.3 Å². The van der Waals surface area contributed by atoms with E-state index in [1.165, 1.54) is 5.56 Å². The van der Waals surface area contributed by atoms with Gasteiger partial charge in [-0.05, 0) is 60.8 Å². The SMILES string of the molecule is COc1ccccc1-c1cccc(CN2CCCC(C(=O)Nc3cccc(Cl)c3)C2)c1. The van der Waals surface area contributed by atoms with E-state index in [0.29, 0.717) is 5.02 Å². The standard InChI is InChI=1S/C26H27ClN2O2/c1-31-25-13-3-2-12-24(25)20-8-4-7-19(15-20)17-29-14-6-9-21(18-29)26(30)28-23-11-5-10-22(27)16-23/h2-5,7-8,10-13,15-16,21H,6,9,14,17-18H2,1H3,(H,28,30). The zero-order chi connectivity index (χ0) is 21.6. The molecule has 31 heavy (non-hydrogen) atoms. The Morgan fingerprint density at radius 3 is 2.77 bits per heavy atom. The molecule has 160 valence electrons. The van der Waals surface area contributed by atoms with Gasteiger partial charge in [-0.1, -0.05) is 54.1 Å². The van der Waals surface area contributed by atoms with Crippen LogP contribution in [0.4, 0.5) is 5.69 Å². The van der Waals surface area contributed by atoms with Gasteiger partial charge in [-0.15, -0.1) is 0 Å². The predicted octanol–water partition coefficient (Wildman–Crippen LogP) is 5.87. The molecule has 0 saturated carbocycles. The number of hydrogen-bond acceptors (Lipinski definition) is 3. The van der Waals surface area contributed by atoms with Crippen LogP contribution in [-0.4, -0.2) is 31.0 Å². The maximum atomic E-state index is 12.8. The first-order chi connectivity index (χ1) is 15.1. The van der Waals surface area contributed by atoms with Crippen molar-refractivity contribution in [3.63, 3.8) is 0 Å². The number of halogens is 1. The Kier molecular flexibility index (Phi) is 6.90. The molecule has 3 aromatic carbocycles. The van der Waals surface area contributed by atoms with Crippen LogP contribution in [-0.2, 0) is 11.3 Å². The van der Waals surface area contributed by atoms with Crippen molar-refractivity contribution in [2.24, 2.45) is 5.92 Å². The second-order valence-electron chi connectivity index (χ2n) is 7.97. The third kappa shape index (κ3) is 5.46. The van der Waals surface area contributed by atoms with Crippen LogP contribution in [0.15, 0.2) is 72.8 Å². The highest BCUT2D eigenvalue weighted by Gasteiger charge is 2.26. The van der Waals surface area contributed by atoms with E-state index in [-0.39, 0.29) is 11.8 Å². The van der Waals surface area contributed by atoms with E-state index in [9.17, 15) is 4.79 Å². The molecule has 0 spiro atoms. The van der Waals surface area contributed by atoms with Gasteiger partial charge in [-0.25, -0.2) is 0 Å². The lowest BCUT2D eigenvalue weighted by Crippen LogP contribution is -2.40. The smallest absolute Gasteiger partial charge is 0.228 e. The molecule has 1 aliphatic heterocycles. The number of nitrogens with zero attached hydrogens (tertiary/aromatic N) is 1. The molecule has 0 aromatic heterocycles. The van der Waals surface area contributed by atoms with E-state index in [0.717, 1.165) is 55.0 Å². The lowest BCUT2D eigenvalue weighted by molar-refractivity contribution is -0.121. The van der Waals surface area contributed by atoms with Gasteiger partial charge in [0.05, 0.1) is 13.0 Å². The second kappa shape index (κ2) is 9.99. The summed E-state index contributed by atoms with van der Waals surface area (Å²) in [5.74, 6) is 0.912. The van der Waals surface area contributed by atoms with Crippen LogP contribution in [0.5, 0.6) is 5.75 Å². The number of ether oxygens (including phenoxy) is 1. The van der Waals surface area contributed by atoms with Crippen LogP contribution < -0.4 is 10.1 Å². The molecule has 5 heteroatoms. The summed E-state index contributed by atoms with van der Waals surface area (Å²) < 4.78 is 5.52. The van der Waals surface area contributed by atoms with Gasteiger partial charge >= 0.3 is 0 Å². The fourth-order valence-corrected chi connectivity index (χ4v) is 4.39. The molecule has 4 rings (SSSR count). The summed E-state index contributed by atoms with van der Waals surface area (Å²) in [6, 6.07) is 23.9. The fraction of sp³-hybridized carbons (Fsp3) is 0.269. The van der Waals surface area contributed by atoms with Crippen LogP contribution in [0.3, 0.4) is 0 Å². The average Bonchev–Trinajstić information content (AvgIpc) is 2.79. The number of anilines is 1. The Labute approximate surface area is 188 Å². The van der Waals surface area contributed by atoms with Crippen molar-refractivity contribution < 1.29 is 9.53 Å². The molecule has 1 N–H and O–H groups in total. The molecular weight excluding hydrogens is 408 g/mol. The second-order valence-corrected chi connectivity index (χ2v) is 8.41. The molecule has 1 heterocycles. The normalized spacial score (nSPS) is 16.6. The summed E-state index contributed by atoms with van der Waals surface area (Å²) in [5.41, 5.74) is 4.21. The lowest BCUT2D eigenvalue weighted by atomic mass is 9.96. The van der Waals surface area contributed by atoms with E-state index in [2.05, 4.69) is 40.5 Å².